The van der Waals surface area contributed by atoms with Crippen LogP contribution < -0.4 is 0 Å². The first-order valence-electron chi connectivity index (χ1n) is 2.34. The van der Waals surface area contributed by atoms with E-state index in [0.717, 1.165) is 0 Å². The Kier molecular flexibility index (Phi) is 4.01. The van der Waals surface area contributed by atoms with Gasteiger partial charge in [-0.3, -0.25) is 4.52 Å². The highest BCUT2D eigenvalue weighted by atomic mass is 31.2. The van der Waals surface area contributed by atoms with Crippen LogP contribution in [0, 0.1) is 0 Å². The van der Waals surface area contributed by atoms with Gasteiger partial charge in [0.25, 0.3) is 0 Å². The van der Waals surface area contributed by atoms with Crippen LogP contribution in [0.4, 0.5) is 0 Å². The third-order valence-corrected chi connectivity index (χ3v) is 0.950. The second-order valence-electron chi connectivity index (χ2n) is 1.23. The molecule has 0 aromatic rings. The van der Waals surface area contributed by atoms with Gasteiger partial charge in [0.15, 0.2) is 6.79 Å². The second kappa shape index (κ2) is 3.98. The van der Waals surface area contributed by atoms with Crippen molar-refractivity contribution in [3.63, 3.8) is 0 Å². The summed E-state index contributed by atoms with van der Waals surface area (Å²) in [5.74, 6) is 0. The van der Waals surface area contributed by atoms with Crippen molar-refractivity contribution < 1.29 is 23.6 Å². The van der Waals surface area contributed by atoms with Gasteiger partial charge in [-0.2, -0.15) is 0 Å². The van der Waals surface area contributed by atoms with Crippen molar-refractivity contribution in [3.05, 3.63) is 0 Å². The second-order valence-corrected chi connectivity index (χ2v) is 2.47. The third kappa shape index (κ3) is 8.07. The highest BCUT2D eigenvalue weighted by Crippen LogP contribution is 2.35. The van der Waals surface area contributed by atoms with Gasteiger partial charge < -0.3 is 14.5 Å². The van der Waals surface area contributed by atoms with Gasteiger partial charge in [-0.1, -0.05) is 0 Å². The maximum absolute atomic E-state index is 9.90. The summed E-state index contributed by atoms with van der Waals surface area (Å²) in [6.45, 7) is 1.71. The highest BCUT2D eigenvalue weighted by molar-refractivity contribution is 7.46. The Morgan fingerprint density at radius 2 is 2.11 bits per heavy atom. The molecule has 0 radical (unpaired) electrons. The summed E-state index contributed by atoms with van der Waals surface area (Å²) in [5.41, 5.74) is 0. The number of phosphoric acid groups is 1. The average molecular weight is 156 g/mol. The van der Waals surface area contributed by atoms with Crippen LogP contribution in [0.15, 0.2) is 0 Å². The summed E-state index contributed by atoms with van der Waals surface area (Å²) >= 11 is 0. The zero-order chi connectivity index (χ0) is 7.33. The predicted molar refractivity (Wildman–Crippen MR) is 29.6 cm³/mol. The first-order valence-corrected chi connectivity index (χ1v) is 3.87. The highest BCUT2D eigenvalue weighted by Gasteiger charge is 2.12. The molecule has 0 aliphatic carbocycles. The third-order valence-electron chi connectivity index (χ3n) is 0.508. The van der Waals surface area contributed by atoms with E-state index in [9.17, 15) is 4.57 Å². The van der Waals surface area contributed by atoms with Gasteiger partial charge in [0.1, 0.15) is 0 Å². The molecule has 56 valence electrons. The smallest absolute Gasteiger partial charge is 0.355 e. The molecule has 0 bridgehead atoms. The van der Waals surface area contributed by atoms with Crippen LogP contribution in [0.2, 0.25) is 0 Å². The van der Waals surface area contributed by atoms with E-state index >= 15 is 0 Å². The zero-order valence-corrected chi connectivity index (χ0v) is 5.88. The van der Waals surface area contributed by atoms with Gasteiger partial charge >= 0.3 is 7.82 Å². The van der Waals surface area contributed by atoms with E-state index in [1.165, 1.54) is 0 Å². The molecule has 0 saturated heterocycles. The van der Waals surface area contributed by atoms with Crippen LogP contribution in [0.3, 0.4) is 0 Å². The van der Waals surface area contributed by atoms with Gasteiger partial charge in [0, 0.05) is 6.61 Å². The van der Waals surface area contributed by atoms with Gasteiger partial charge in [-0.05, 0) is 6.92 Å². The molecule has 0 aromatic carbocycles. The number of hydrogen-bond acceptors (Lipinski definition) is 3. The molecule has 0 aromatic heterocycles. The largest absolute Gasteiger partial charge is 0.471 e. The fourth-order valence-electron chi connectivity index (χ4n) is 0.189. The van der Waals surface area contributed by atoms with Gasteiger partial charge in [0.2, 0.25) is 0 Å². The Bertz CT molecular complexity index is 107. The monoisotopic (exact) mass is 156 g/mol. The van der Waals surface area contributed by atoms with Crippen LogP contribution in [0.1, 0.15) is 6.92 Å². The molecule has 6 heteroatoms. The van der Waals surface area contributed by atoms with Crippen LogP contribution in [-0.4, -0.2) is 23.2 Å². The Labute approximate surface area is 52.8 Å². The predicted octanol–water partition coefficient (Wildman–Crippen LogP) is 0.0897. The minimum absolute atomic E-state index is 0.360. The Morgan fingerprint density at radius 3 is 2.44 bits per heavy atom. The fourth-order valence-corrected chi connectivity index (χ4v) is 0.401. The molecule has 0 aliphatic rings. The van der Waals surface area contributed by atoms with E-state index in [1.54, 1.807) is 6.92 Å². The average Bonchev–Trinajstić information content (AvgIpc) is 1.63. The summed E-state index contributed by atoms with van der Waals surface area (Å²) in [6.07, 6.45) is 0. The molecule has 0 unspecified atom stereocenters. The van der Waals surface area contributed by atoms with E-state index in [1.807, 2.05) is 0 Å². The lowest BCUT2D eigenvalue weighted by Crippen LogP contribution is -1.96. The molecule has 0 spiro atoms. The fraction of sp³-hybridized carbons (Fsp3) is 1.00. The van der Waals surface area contributed by atoms with Crippen molar-refractivity contribution in [2.24, 2.45) is 0 Å². The van der Waals surface area contributed by atoms with Crippen LogP contribution in [0.25, 0.3) is 0 Å². The maximum atomic E-state index is 9.90. The van der Waals surface area contributed by atoms with E-state index in [4.69, 9.17) is 9.79 Å². The van der Waals surface area contributed by atoms with Crippen molar-refractivity contribution >= 4 is 7.82 Å². The molecule has 0 saturated carbocycles. The summed E-state index contributed by atoms with van der Waals surface area (Å²) in [6, 6.07) is 0. The molecule has 0 fully saturated rings. The lowest BCUT2D eigenvalue weighted by Gasteiger charge is -2.02. The molecule has 5 nitrogen and oxygen atoms in total. The Hall–Kier alpha value is 0.0700. The van der Waals surface area contributed by atoms with Crippen LogP contribution in [-0.2, 0) is 13.8 Å². The molecule has 0 amide bonds. The van der Waals surface area contributed by atoms with Gasteiger partial charge in [-0.15, -0.1) is 0 Å². The zero-order valence-electron chi connectivity index (χ0n) is 4.98. The van der Waals surface area contributed by atoms with E-state index in [0.29, 0.717) is 6.61 Å². The Balaban J connectivity index is 3.18. The van der Waals surface area contributed by atoms with E-state index < -0.39 is 7.82 Å². The van der Waals surface area contributed by atoms with E-state index in [-0.39, 0.29) is 6.79 Å². The summed E-state index contributed by atoms with van der Waals surface area (Å²) in [4.78, 5) is 16.1. The number of hydrogen-bond donors (Lipinski definition) is 2. The van der Waals surface area contributed by atoms with Gasteiger partial charge in [-0.25, -0.2) is 4.57 Å². The van der Waals surface area contributed by atoms with Crippen molar-refractivity contribution in [3.8, 4) is 0 Å². The summed E-state index contributed by atoms with van der Waals surface area (Å²) in [7, 11) is -4.32. The maximum Gasteiger partial charge on any atom is 0.471 e. The minimum Gasteiger partial charge on any atom is -0.355 e. The van der Waals surface area contributed by atoms with Crippen molar-refractivity contribution in [1.82, 2.24) is 0 Å². The summed E-state index contributed by atoms with van der Waals surface area (Å²) in [5, 5.41) is 0. The first kappa shape index (κ1) is 9.07. The first-order chi connectivity index (χ1) is 4.06. The minimum atomic E-state index is -4.32. The molecule has 0 atom stereocenters. The Morgan fingerprint density at radius 1 is 1.56 bits per heavy atom. The lowest BCUT2D eigenvalue weighted by molar-refractivity contribution is 0.00441. The molecular formula is C3H9O5P. The molecule has 0 rings (SSSR count). The van der Waals surface area contributed by atoms with Crippen molar-refractivity contribution in [1.29, 1.82) is 0 Å². The van der Waals surface area contributed by atoms with Crippen molar-refractivity contribution in [2.75, 3.05) is 13.4 Å². The van der Waals surface area contributed by atoms with Crippen LogP contribution in [0.5, 0.6) is 0 Å². The molecule has 2 N–H and O–H groups in total. The quantitative estimate of drug-likeness (QED) is 0.342. The normalized spacial score (nSPS) is 11.9. The SMILES string of the molecule is CCOCOP(=O)(O)O. The topological polar surface area (TPSA) is 76.0 Å². The molecular weight excluding hydrogens is 147 g/mol. The number of rotatable bonds is 4. The molecule has 9 heavy (non-hydrogen) atoms. The molecule has 0 heterocycles. The van der Waals surface area contributed by atoms with E-state index in [2.05, 4.69) is 9.26 Å². The van der Waals surface area contributed by atoms with Gasteiger partial charge in [0.05, 0.1) is 0 Å². The number of ether oxygens (including phenoxy) is 1. The van der Waals surface area contributed by atoms with Crippen LogP contribution >= 0.6 is 7.82 Å². The number of phosphoric ester groups is 1. The molecule has 0 aliphatic heterocycles. The summed E-state index contributed by atoms with van der Waals surface area (Å²) < 4.78 is 18.3. The van der Waals surface area contributed by atoms with Crippen molar-refractivity contribution in [2.45, 2.75) is 6.92 Å². The standard InChI is InChI=1S/C3H9O5P/c1-2-7-3-8-9(4,5)6/h2-3H2,1H3,(H2,4,5,6). The lowest BCUT2D eigenvalue weighted by atomic mass is 10.9.